The zero-order chi connectivity index (χ0) is 20.0. The third-order valence-electron chi connectivity index (χ3n) is 6.06. The number of allylic oxidation sites excluding steroid dienone is 2. The van der Waals surface area contributed by atoms with Gasteiger partial charge >= 0.3 is 0 Å². The number of anilines is 1. The first kappa shape index (κ1) is 18.6. The molecule has 0 bridgehead atoms. The van der Waals surface area contributed by atoms with Gasteiger partial charge in [-0.05, 0) is 71.4 Å². The minimum atomic E-state index is 0.0761. The van der Waals surface area contributed by atoms with E-state index in [9.17, 15) is 4.79 Å². The van der Waals surface area contributed by atoms with Crippen molar-refractivity contribution in [3.05, 3.63) is 69.2 Å². The molecule has 2 aromatic heterocycles. The van der Waals surface area contributed by atoms with Gasteiger partial charge in [0.1, 0.15) is 10.2 Å². The van der Waals surface area contributed by atoms with E-state index in [1.807, 2.05) is 16.4 Å². The van der Waals surface area contributed by atoms with Gasteiger partial charge in [0.15, 0.2) is 0 Å². The molecular weight excluding hydrogens is 402 g/mol. The van der Waals surface area contributed by atoms with Crippen LogP contribution in [0.25, 0.3) is 11.6 Å². The number of rotatable bonds is 3. The third-order valence-corrected chi connectivity index (χ3v) is 7.23. The monoisotopic (exact) mass is 423 g/mol. The summed E-state index contributed by atoms with van der Waals surface area (Å²) < 4.78 is 0.866. The summed E-state index contributed by atoms with van der Waals surface area (Å²) in [6.07, 6.45) is 10.5. The van der Waals surface area contributed by atoms with E-state index < -0.39 is 0 Å². The lowest BCUT2D eigenvalue weighted by molar-refractivity contribution is -0.125. The molecular formula is C23H22ClN3OS. The second kappa shape index (κ2) is 7.47. The molecule has 29 heavy (non-hydrogen) atoms. The molecule has 1 fully saturated rings. The number of hydrogen-bond acceptors (Lipinski definition) is 4. The van der Waals surface area contributed by atoms with Gasteiger partial charge < -0.3 is 10.2 Å². The number of nitrogens with zero attached hydrogens (tertiary/aromatic N) is 2. The molecule has 1 N–H and O–H groups in total. The van der Waals surface area contributed by atoms with E-state index in [1.165, 1.54) is 16.7 Å². The van der Waals surface area contributed by atoms with Gasteiger partial charge in [-0.2, -0.15) is 0 Å². The van der Waals surface area contributed by atoms with E-state index in [0.29, 0.717) is 11.8 Å². The SMILES string of the molecule is C=C1CCc2cc(/C=C/C(=O)N3CC4C=C(c5ccsc5Cl)CC4C3)cnc2N1. The van der Waals surface area contributed by atoms with Gasteiger partial charge in [0.2, 0.25) is 5.91 Å². The van der Waals surface area contributed by atoms with Gasteiger partial charge in [-0.15, -0.1) is 11.3 Å². The molecule has 1 aliphatic carbocycles. The minimum Gasteiger partial charge on any atom is -0.344 e. The number of aryl methyl sites for hydroxylation is 1. The number of halogens is 1. The Morgan fingerprint density at radius 1 is 1.38 bits per heavy atom. The van der Waals surface area contributed by atoms with Crippen LogP contribution in [0.5, 0.6) is 0 Å². The molecule has 2 aliphatic heterocycles. The second-order valence-electron chi connectivity index (χ2n) is 8.01. The largest absolute Gasteiger partial charge is 0.344 e. The van der Waals surface area contributed by atoms with Crippen molar-refractivity contribution in [1.29, 1.82) is 0 Å². The molecule has 0 radical (unpaired) electrons. The van der Waals surface area contributed by atoms with Crippen molar-refractivity contribution in [2.45, 2.75) is 19.3 Å². The highest BCUT2D eigenvalue weighted by Gasteiger charge is 2.38. The summed E-state index contributed by atoms with van der Waals surface area (Å²) >= 11 is 7.87. The summed E-state index contributed by atoms with van der Waals surface area (Å²) in [7, 11) is 0. The maximum atomic E-state index is 12.7. The van der Waals surface area contributed by atoms with Crippen LogP contribution < -0.4 is 5.32 Å². The molecule has 0 spiro atoms. The fourth-order valence-corrected chi connectivity index (χ4v) is 5.51. The highest BCUT2D eigenvalue weighted by molar-refractivity contribution is 7.14. The molecule has 4 nitrogen and oxygen atoms in total. The Balaban J connectivity index is 1.23. The normalized spacial score (nSPS) is 23.1. The van der Waals surface area contributed by atoms with Crippen molar-refractivity contribution in [2.75, 3.05) is 18.4 Å². The Morgan fingerprint density at radius 3 is 3.07 bits per heavy atom. The van der Waals surface area contributed by atoms with Gasteiger partial charge in [0, 0.05) is 36.6 Å². The molecule has 1 saturated heterocycles. The first-order chi connectivity index (χ1) is 14.1. The number of aromatic nitrogens is 1. The number of fused-ring (bicyclic) bond motifs is 2. The maximum absolute atomic E-state index is 12.7. The van der Waals surface area contributed by atoms with Crippen LogP contribution in [-0.2, 0) is 11.2 Å². The highest BCUT2D eigenvalue weighted by atomic mass is 35.5. The van der Waals surface area contributed by atoms with Crippen LogP contribution in [0.15, 0.2) is 48.1 Å². The molecule has 5 rings (SSSR count). The zero-order valence-electron chi connectivity index (χ0n) is 16.0. The Kier molecular flexibility index (Phi) is 4.80. The summed E-state index contributed by atoms with van der Waals surface area (Å²) in [5.74, 6) is 1.89. The van der Waals surface area contributed by atoms with Crippen molar-refractivity contribution >= 4 is 46.3 Å². The lowest BCUT2D eigenvalue weighted by atomic mass is 9.99. The van der Waals surface area contributed by atoms with Crippen LogP contribution >= 0.6 is 22.9 Å². The van der Waals surface area contributed by atoms with Gasteiger partial charge in [-0.1, -0.05) is 24.3 Å². The van der Waals surface area contributed by atoms with E-state index in [1.54, 1.807) is 23.6 Å². The summed E-state index contributed by atoms with van der Waals surface area (Å²) in [5.41, 5.74) is 5.64. The Hall–Kier alpha value is -2.37. The number of hydrogen-bond donors (Lipinski definition) is 1. The molecule has 2 atom stereocenters. The average molecular weight is 424 g/mol. The fraction of sp³-hybridized carbons (Fsp3) is 0.304. The van der Waals surface area contributed by atoms with Gasteiger partial charge in [-0.25, -0.2) is 4.98 Å². The fourth-order valence-electron chi connectivity index (χ4n) is 4.53. The summed E-state index contributed by atoms with van der Waals surface area (Å²) in [6.45, 7) is 5.56. The standard InChI is InChI=1S/C23H22ClN3OS/c1-14-2-4-16-8-15(11-25-23(16)26-14)3-5-21(28)27-12-18-9-17(10-19(18)13-27)20-6-7-29-22(20)24/h3,5-9,11,18-19H,1-2,4,10,12-13H2,(H,25,26)/b5-3+. The topological polar surface area (TPSA) is 45.2 Å². The van der Waals surface area contributed by atoms with Crippen molar-refractivity contribution in [1.82, 2.24) is 9.88 Å². The quantitative estimate of drug-likeness (QED) is 0.686. The van der Waals surface area contributed by atoms with Crippen LogP contribution in [0.3, 0.4) is 0 Å². The van der Waals surface area contributed by atoms with Gasteiger partial charge in [0.25, 0.3) is 0 Å². The van der Waals surface area contributed by atoms with Crippen LogP contribution in [0, 0.1) is 11.8 Å². The first-order valence-electron chi connectivity index (χ1n) is 9.91. The molecule has 2 unspecified atom stereocenters. The van der Waals surface area contributed by atoms with Crippen molar-refractivity contribution in [3.63, 3.8) is 0 Å². The number of pyridine rings is 1. The number of amides is 1. The van der Waals surface area contributed by atoms with Gasteiger partial charge in [-0.3, -0.25) is 4.79 Å². The lowest BCUT2D eigenvalue weighted by Crippen LogP contribution is -2.27. The third kappa shape index (κ3) is 3.65. The number of carbonyl (C=O) groups is 1. The van der Waals surface area contributed by atoms with Crippen molar-refractivity contribution in [2.24, 2.45) is 11.8 Å². The molecule has 0 aromatic carbocycles. The Bertz CT molecular complexity index is 1050. The van der Waals surface area contributed by atoms with E-state index >= 15 is 0 Å². The number of thiophene rings is 1. The van der Waals surface area contributed by atoms with E-state index in [-0.39, 0.29) is 5.91 Å². The smallest absolute Gasteiger partial charge is 0.246 e. The molecule has 4 heterocycles. The van der Waals surface area contributed by atoms with Crippen molar-refractivity contribution < 1.29 is 4.79 Å². The molecule has 0 saturated carbocycles. The number of carbonyl (C=O) groups excluding carboxylic acids is 1. The zero-order valence-corrected chi connectivity index (χ0v) is 17.6. The van der Waals surface area contributed by atoms with E-state index in [4.69, 9.17) is 11.6 Å². The van der Waals surface area contributed by atoms with Crippen molar-refractivity contribution in [3.8, 4) is 0 Å². The summed E-state index contributed by atoms with van der Waals surface area (Å²) in [4.78, 5) is 19.1. The highest BCUT2D eigenvalue weighted by Crippen LogP contribution is 2.43. The molecule has 6 heteroatoms. The molecule has 1 amide bonds. The predicted molar refractivity (Wildman–Crippen MR) is 120 cm³/mol. The van der Waals surface area contributed by atoms with E-state index in [0.717, 1.165) is 53.8 Å². The molecule has 2 aromatic rings. The van der Waals surface area contributed by atoms with Crippen LogP contribution in [-0.4, -0.2) is 28.9 Å². The maximum Gasteiger partial charge on any atom is 0.246 e. The Morgan fingerprint density at radius 2 is 2.28 bits per heavy atom. The predicted octanol–water partition coefficient (Wildman–Crippen LogP) is 5.24. The second-order valence-corrected chi connectivity index (χ2v) is 9.53. The summed E-state index contributed by atoms with van der Waals surface area (Å²) in [6, 6.07) is 4.20. The first-order valence-corrected chi connectivity index (χ1v) is 11.2. The average Bonchev–Trinajstić information content (AvgIpc) is 3.40. The van der Waals surface area contributed by atoms with Crippen LogP contribution in [0.4, 0.5) is 5.82 Å². The summed E-state index contributed by atoms with van der Waals surface area (Å²) in [5, 5.41) is 5.26. The number of nitrogens with one attached hydrogen (secondary N) is 1. The molecule has 148 valence electrons. The molecule has 3 aliphatic rings. The van der Waals surface area contributed by atoms with Crippen LogP contribution in [0.2, 0.25) is 4.34 Å². The minimum absolute atomic E-state index is 0.0761. The van der Waals surface area contributed by atoms with Crippen LogP contribution in [0.1, 0.15) is 29.5 Å². The van der Waals surface area contributed by atoms with E-state index in [2.05, 4.69) is 35.1 Å². The van der Waals surface area contributed by atoms with Gasteiger partial charge in [0.05, 0.1) is 0 Å². The lowest BCUT2D eigenvalue weighted by Gasteiger charge is -2.19. The Labute approximate surface area is 179 Å². The number of likely N-dealkylation sites (tertiary alicyclic amines) is 1.